The van der Waals surface area contributed by atoms with Crippen molar-refractivity contribution in [2.45, 2.75) is 6.92 Å². The lowest BCUT2D eigenvalue weighted by Crippen LogP contribution is -2.15. The second-order valence-electron chi connectivity index (χ2n) is 5.08. The van der Waals surface area contributed by atoms with Gasteiger partial charge in [-0.1, -0.05) is 18.2 Å². The van der Waals surface area contributed by atoms with Gasteiger partial charge in [0.05, 0.1) is 17.9 Å². The Labute approximate surface area is 150 Å². The number of para-hydroxylation sites is 1. The van der Waals surface area contributed by atoms with Crippen LogP contribution in [0.25, 0.3) is 0 Å². The second kappa shape index (κ2) is 8.89. The monoisotopic (exact) mass is 351 g/mol. The summed E-state index contributed by atoms with van der Waals surface area (Å²) in [5, 5.41) is 23.9. The fourth-order valence-electron chi connectivity index (χ4n) is 2.08. The van der Waals surface area contributed by atoms with E-state index in [0.717, 1.165) is 0 Å². The number of amides is 1. The van der Waals surface area contributed by atoms with Crippen molar-refractivity contribution in [3.8, 4) is 11.8 Å². The van der Waals surface area contributed by atoms with E-state index in [4.69, 9.17) is 4.74 Å². The smallest absolute Gasteiger partial charge is 0.340 e. The van der Waals surface area contributed by atoms with Crippen LogP contribution in [0.1, 0.15) is 17.3 Å². The van der Waals surface area contributed by atoms with E-state index in [2.05, 4.69) is 10.6 Å². The van der Waals surface area contributed by atoms with E-state index in [0.29, 0.717) is 11.4 Å². The minimum atomic E-state index is -0.654. The van der Waals surface area contributed by atoms with Gasteiger partial charge in [0.1, 0.15) is 17.4 Å². The molecule has 7 nitrogen and oxygen atoms in total. The molecule has 0 saturated carbocycles. The predicted octanol–water partition coefficient (Wildman–Crippen LogP) is 3.03. The van der Waals surface area contributed by atoms with E-state index in [1.807, 2.05) is 0 Å². The van der Waals surface area contributed by atoms with Crippen LogP contribution in [0.15, 0.2) is 60.3 Å². The number of esters is 1. The molecule has 0 atom stereocenters. The molecular formula is C19H17N3O4. The zero-order chi connectivity index (χ0) is 18.9. The lowest BCUT2D eigenvalue weighted by atomic mass is 10.1. The Bertz CT molecular complexity index is 884. The van der Waals surface area contributed by atoms with Gasteiger partial charge in [0.15, 0.2) is 0 Å². The number of phenols is 1. The molecule has 0 aliphatic carbocycles. The van der Waals surface area contributed by atoms with Crippen molar-refractivity contribution in [3.05, 3.63) is 65.9 Å². The number of benzene rings is 2. The van der Waals surface area contributed by atoms with Gasteiger partial charge in [-0.15, -0.1) is 0 Å². The van der Waals surface area contributed by atoms with Crippen LogP contribution in [-0.4, -0.2) is 23.6 Å². The number of nitriles is 1. The highest BCUT2D eigenvalue weighted by molar-refractivity contribution is 6.07. The molecule has 0 spiro atoms. The van der Waals surface area contributed by atoms with E-state index in [-0.39, 0.29) is 23.5 Å². The van der Waals surface area contributed by atoms with E-state index < -0.39 is 11.9 Å². The number of carbonyl (C=O) groups excluding carboxylic acids is 2. The molecule has 2 aromatic carbocycles. The summed E-state index contributed by atoms with van der Waals surface area (Å²) in [5.74, 6) is -1.17. The quantitative estimate of drug-likeness (QED) is 0.419. The van der Waals surface area contributed by atoms with Crippen LogP contribution in [0.5, 0.6) is 5.75 Å². The summed E-state index contributed by atoms with van der Waals surface area (Å²) in [7, 11) is 0. The number of hydrogen-bond acceptors (Lipinski definition) is 6. The van der Waals surface area contributed by atoms with Crippen molar-refractivity contribution in [1.29, 1.82) is 5.26 Å². The van der Waals surface area contributed by atoms with Crippen LogP contribution in [0.2, 0.25) is 0 Å². The number of carbonyl (C=O) groups is 2. The van der Waals surface area contributed by atoms with Gasteiger partial charge in [0.2, 0.25) is 0 Å². The Morgan fingerprint density at radius 3 is 2.69 bits per heavy atom. The highest BCUT2D eigenvalue weighted by Crippen LogP contribution is 2.18. The van der Waals surface area contributed by atoms with Crippen molar-refractivity contribution in [3.63, 3.8) is 0 Å². The number of ether oxygens (including phenoxy) is 1. The minimum Gasteiger partial charge on any atom is -0.508 e. The molecule has 0 aliphatic rings. The van der Waals surface area contributed by atoms with Gasteiger partial charge in [0, 0.05) is 18.0 Å². The van der Waals surface area contributed by atoms with Crippen LogP contribution in [-0.2, 0) is 9.53 Å². The van der Waals surface area contributed by atoms with E-state index in [1.165, 1.54) is 18.3 Å². The molecule has 2 aromatic rings. The summed E-state index contributed by atoms with van der Waals surface area (Å²) in [5.41, 5.74) is 0.843. The Morgan fingerprint density at radius 2 is 2.00 bits per heavy atom. The van der Waals surface area contributed by atoms with Crippen LogP contribution in [0.4, 0.5) is 11.4 Å². The number of aromatic hydroxyl groups is 1. The summed E-state index contributed by atoms with van der Waals surface area (Å²) < 4.78 is 4.97. The minimum absolute atomic E-state index is 0.00761. The maximum Gasteiger partial charge on any atom is 0.340 e. The zero-order valence-corrected chi connectivity index (χ0v) is 14.0. The molecule has 0 unspecified atom stereocenters. The lowest BCUT2D eigenvalue weighted by molar-refractivity contribution is -0.112. The summed E-state index contributed by atoms with van der Waals surface area (Å²) >= 11 is 0. The lowest BCUT2D eigenvalue weighted by Gasteiger charge is -2.09. The van der Waals surface area contributed by atoms with Gasteiger partial charge < -0.3 is 20.5 Å². The zero-order valence-electron chi connectivity index (χ0n) is 14.0. The van der Waals surface area contributed by atoms with Gasteiger partial charge in [-0.05, 0) is 31.2 Å². The normalized spacial score (nSPS) is 10.5. The molecule has 0 radical (unpaired) electrons. The highest BCUT2D eigenvalue weighted by Gasteiger charge is 2.13. The first kappa shape index (κ1) is 18.5. The van der Waals surface area contributed by atoms with Crippen molar-refractivity contribution < 1.29 is 19.4 Å². The second-order valence-corrected chi connectivity index (χ2v) is 5.08. The Balaban J connectivity index is 2.16. The van der Waals surface area contributed by atoms with Gasteiger partial charge in [-0.25, -0.2) is 4.79 Å². The molecule has 0 aliphatic heterocycles. The third kappa shape index (κ3) is 4.85. The number of hydrogen-bond donors (Lipinski definition) is 3. The SMILES string of the molecule is CCOC(=O)c1ccccc1N/C=C(/C#N)C(=O)Nc1cccc(O)c1. The van der Waals surface area contributed by atoms with E-state index in [9.17, 15) is 20.0 Å². The fraction of sp³-hybridized carbons (Fsp3) is 0.105. The third-order valence-electron chi connectivity index (χ3n) is 3.26. The highest BCUT2D eigenvalue weighted by atomic mass is 16.5. The summed E-state index contributed by atoms with van der Waals surface area (Å²) in [6.45, 7) is 1.94. The maximum atomic E-state index is 12.2. The largest absolute Gasteiger partial charge is 0.508 e. The topological polar surface area (TPSA) is 111 Å². The van der Waals surface area contributed by atoms with Crippen molar-refractivity contribution in [2.75, 3.05) is 17.2 Å². The van der Waals surface area contributed by atoms with E-state index >= 15 is 0 Å². The standard InChI is InChI=1S/C19H17N3O4/c1-2-26-19(25)16-8-3-4-9-17(16)21-12-13(11-20)18(24)22-14-6-5-7-15(23)10-14/h3-10,12,21,23H,2H2,1H3,(H,22,24)/b13-12-. The molecule has 132 valence electrons. The summed E-state index contributed by atoms with van der Waals surface area (Å²) in [6.07, 6.45) is 1.20. The van der Waals surface area contributed by atoms with Crippen molar-refractivity contribution in [2.24, 2.45) is 0 Å². The Hall–Kier alpha value is -3.79. The molecule has 0 heterocycles. The Morgan fingerprint density at radius 1 is 1.23 bits per heavy atom. The molecule has 0 fully saturated rings. The molecule has 26 heavy (non-hydrogen) atoms. The number of anilines is 2. The third-order valence-corrected chi connectivity index (χ3v) is 3.26. The number of nitrogens with one attached hydrogen (secondary N) is 2. The molecule has 2 rings (SSSR count). The van der Waals surface area contributed by atoms with E-state index in [1.54, 1.807) is 49.4 Å². The fourth-order valence-corrected chi connectivity index (χ4v) is 2.08. The molecule has 7 heteroatoms. The molecule has 0 saturated heterocycles. The molecule has 1 amide bonds. The predicted molar refractivity (Wildman–Crippen MR) is 96.5 cm³/mol. The van der Waals surface area contributed by atoms with Gasteiger partial charge in [-0.2, -0.15) is 5.26 Å². The van der Waals surface area contributed by atoms with Crippen LogP contribution in [0.3, 0.4) is 0 Å². The number of rotatable bonds is 6. The summed E-state index contributed by atoms with van der Waals surface area (Å²) in [4.78, 5) is 24.1. The maximum absolute atomic E-state index is 12.2. The molecular weight excluding hydrogens is 334 g/mol. The van der Waals surface area contributed by atoms with Crippen molar-refractivity contribution >= 4 is 23.3 Å². The molecule has 0 bridgehead atoms. The van der Waals surface area contributed by atoms with Crippen LogP contribution >= 0.6 is 0 Å². The first-order chi connectivity index (χ1) is 12.5. The average molecular weight is 351 g/mol. The Kier molecular flexibility index (Phi) is 6.34. The molecule has 3 N–H and O–H groups in total. The van der Waals surface area contributed by atoms with Crippen molar-refractivity contribution in [1.82, 2.24) is 0 Å². The van der Waals surface area contributed by atoms with Gasteiger partial charge in [0.25, 0.3) is 5.91 Å². The number of nitrogens with zero attached hydrogens (tertiary/aromatic N) is 1. The first-order valence-corrected chi connectivity index (χ1v) is 7.78. The first-order valence-electron chi connectivity index (χ1n) is 7.78. The summed E-state index contributed by atoms with van der Waals surface area (Å²) in [6, 6.07) is 14.3. The van der Waals surface area contributed by atoms with Gasteiger partial charge >= 0.3 is 5.97 Å². The van der Waals surface area contributed by atoms with Crippen LogP contribution < -0.4 is 10.6 Å². The molecule has 0 aromatic heterocycles. The number of phenolic OH excluding ortho intramolecular Hbond substituents is 1. The van der Waals surface area contributed by atoms with Gasteiger partial charge in [-0.3, -0.25) is 4.79 Å². The average Bonchev–Trinajstić information content (AvgIpc) is 2.62. The van der Waals surface area contributed by atoms with Crippen LogP contribution in [0, 0.1) is 11.3 Å².